The quantitative estimate of drug-likeness (QED) is 0.0143. The fourth-order valence-electron chi connectivity index (χ4n) is 9.08. The number of fused-ring (bicyclic) bond motifs is 3. The number of sulfone groups is 1. The summed E-state index contributed by atoms with van der Waals surface area (Å²) in [6.07, 6.45) is -5.31. The van der Waals surface area contributed by atoms with Crippen LogP contribution in [-0.4, -0.2) is 111 Å². The zero-order valence-electron chi connectivity index (χ0n) is 51.3. The SMILES string of the molecule is C=CSNc1cc(NC(=O)c2c[nH]c3ccccc3c2=O)cc(C(F)(F)F)c1.CS(=O)(=O)CCCl.Nc1cc(NC(=O)c2c[nH]c3ccccc3c2=O)cc(C(F)(F)F)c1.O.O.O.O.O=C(Nc1cc(NSCCN2CCCCC2)cc(C(F)(F)F)c1)c1c[nH]c2ccccc2c1=O. The molecule has 10 rings (SSSR count). The minimum Gasteiger partial charge on any atom is -0.412 e. The molecule has 9 aromatic rings. The predicted molar refractivity (Wildman–Crippen MR) is 369 cm³/mol. The lowest BCUT2D eigenvalue weighted by Crippen LogP contribution is -2.31. The highest BCUT2D eigenvalue weighted by molar-refractivity contribution is 8.03. The van der Waals surface area contributed by atoms with Crippen molar-refractivity contribution in [3.8, 4) is 0 Å². The van der Waals surface area contributed by atoms with Gasteiger partial charge in [-0.2, -0.15) is 39.5 Å². The first kappa shape index (κ1) is 82.8. The summed E-state index contributed by atoms with van der Waals surface area (Å²) in [5.74, 6) is -1.44. The van der Waals surface area contributed by atoms with Gasteiger partial charge in [-0.3, -0.25) is 28.8 Å². The van der Waals surface area contributed by atoms with Gasteiger partial charge in [0.25, 0.3) is 17.7 Å². The molecule has 0 aliphatic carbocycles. The number of aromatic nitrogens is 3. The molecule has 0 saturated carbocycles. The number of carbonyl (C=O) groups excluding carboxylic acids is 3. The van der Waals surface area contributed by atoms with Crippen molar-refractivity contribution in [1.29, 1.82) is 0 Å². The van der Waals surface area contributed by atoms with E-state index < -0.39 is 79.1 Å². The number of nitrogens with one attached hydrogen (secondary N) is 8. The first-order chi connectivity index (χ1) is 44.4. The molecule has 35 heteroatoms. The molecule has 0 spiro atoms. The number of carbonyl (C=O) groups is 3. The summed E-state index contributed by atoms with van der Waals surface area (Å²) in [5, 5.41) is 9.43. The van der Waals surface area contributed by atoms with Crippen LogP contribution in [0.3, 0.4) is 0 Å². The van der Waals surface area contributed by atoms with E-state index in [2.05, 4.69) is 51.8 Å². The number of amides is 3. The van der Waals surface area contributed by atoms with Gasteiger partial charge in [-0.15, -0.1) is 11.6 Å². The van der Waals surface area contributed by atoms with Crippen LogP contribution >= 0.6 is 35.5 Å². The van der Waals surface area contributed by atoms with Crippen LogP contribution in [0.1, 0.15) is 67.0 Å². The van der Waals surface area contributed by atoms with Crippen molar-refractivity contribution >= 4 is 130 Å². The number of likely N-dealkylation sites (tertiary alicyclic amines) is 1. The maximum absolute atomic E-state index is 13.5. The summed E-state index contributed by atoms with van der Waals surface area (Å²) in [7, 11) is -2.81. The highest BCUT2D eigenvalue weighted by Gasteiger charge is 2.34. The first-order valence-corrected chi connectivity index (χ1v) is 32.4. The number of hydrogen-bond donors (Lipinski definition) is 9. The van der Waals surface area contributed by atoms with Gasteiger partial charge in [-0.05, 0) is 134 Å². The molecule has 3 amide bonds. The number of aromatic amines is 3. The molecule has 6 aromatic carbocycles. The Morgan fingerprint density at radius 2 is 0.898 bits per heavy atom. The Labute approximate surface area is 565 Å². The van der Waals surface area contributed by atoms with Crippen LogP contribution in [0.5, 0.6) is 0 Å². The van der Waals surface area contributed by atoms with Gasteiger partial charge < -0.3 is 72.9 Å². The molecule has 3 aromatic heterocycles. The smallest absolute Gasteiger partial charge is 0.412 e. The maximum Gasteiger partial charge on any atom is 0.416 e. The Morgan fingerprint density at radius 1 is 0.551 bits per heavy atom. The Bertz CT molecular complexity index is 4540. The summed E-state index contributed by atoms with van der Waals surface area (Å²) in [6, 6.07) is 29.0. The second-order valence-electron chi connectivity index (χ2n) is 20.6. The van der Waals surface area contributed by atoms with E-state index in [1.807, 2.05) is 0 Å². The van der Waals surface area contributed by atoms with Crippen LogP contribution in [0.15, 0.2) is 172 Å². The second kappa shape index (κ2) is 36.8. The number of para-hydroxylation sites is 3. The number of nitrogens with zero attached hydrogens (tertiary/aromatic N) is 1. The highest BCUT2D eigenvalue weighted by Crippen LogP contribution is 2.37. The fraction of sp³-hybridized carbons (Fsp3) is 0.206. The van der Waals surface area contributed by atoms with Gasteiger partial charge in [-0.1, -0.05) is 61.3 Å². The van der Waals surface area contributed by atoms with Crippen LogP contribution in [-0.2, 0) is 28.4 Å². The number of pyridine rings is 3. The molecule has 0 radical (unpaired) electrons. The second-order valence-corrected chi connectivity index (χ2v) is 24.9. The number of halogens is 10. The van der Waals surface area contributed by atoms with Crippen molar-refractivity contribution in [2.45, 2.75) is 37.8 Å². The lowest BCUT2D eigenvalue weighted by molar-refractivity contribution is -0.138. The Balaban J connectivity index is 0.000000361. The highest BCUT2D eigenvalue weighted by atomic mass is 35.5. The third kappa shape index (κ3) is 23.7. The average molecular weight is 1460 g/mol. The molecular weight excluding hydrogens is 1390 g/mol. The molecule has 0 atom stereocenters. The Kier molecular flexibility index (Phi) is 31.1. The number of nitrogens with two attached hydrogens (primary N) is 1. The van der Waals surface area contributed by atoms with Crippen molar-refractivity contribution in [3.63, 3.8) is 0 Å². The van der Waals surface area contributed by atoms with E-state index in [4.69, 9.17) is 17.3 Å². The number of alkyl halides is 10. The van der Waals surface area contributed by atoms with E-state index in [0.29, 0.717) is 38.5 Å². The molecule has 0 unspecified atom stereocenters. The lowest BCUT2D eigenvalue weighted by atomic mass is 10.1. The van der Waals surface area contributed by atoms with Crippen molar-refractivity contribution in [2.75, 3.05) is 74.4 Å². The van der Waals surface area contributed by atoms with Crippen molar-refractivity contribution in [1.82, 2.24) is 19.9 Å². The third-order valence-corrected chi connectivity index (χ3v) is 16.2. The van der Waals surface area contributed by atoms with Crippen molar-refractivity contribution < 1.29 is 84.2 Å². The van der Waals surface area contributed by atoms with Gasteiger partial charge in [0, 0.05) is 110 Å². The molecule has 0 bridgehead atoms. The lowest BCUT2D eigenvalue weighted by Gasteiger charge is -2.26. The zero-order chi connectivity index (χ0) is 68.5. The van der Waals surface area contributed by atoms with E-state index in [1.165, 1.54) is 73.4 Å². The molecule has 1 aliphatic heterocycles. The summed E-state index contributed by atoms with van der Waals surface area (Å²) in [6.45, 7) is 6.41. The fourth-order valence-corrected chi connectivity index (χ4v) is 11.3. The van der Waals surface area contributed by atoms with E-state index >= 15 is 0 Å². The third-order valence-electron chi connectivity index (χ3n) is 13.5. The topological polar surface area (TPSA) is 399 Å². The molecule has 98 heavy (non-hydrogen) atoms. The number of anilines is 6. The average Bonchev–Trinajstić information content (AvgIpc) is 0.808. The number of H-pyrrole nitrogens is 3. The number of piperidine rings is 1. The van der Waals surface area contributed by atoms with Gasteiger partial charge in [0.1, 0.15) is 26.5 Å². The van der Waals surface area contributed by atoms with Crippen molar-refractivity contribution in [2.24, 2.45) is 0 Å². The van der Waals surface area contributed by atoms with Crippen LogP contribution in [0.2, 0.25) is 0 Å². The molecule has 4 heterocycles. The number of nitrogen functional groups attached to an aromatic ring is 1. The maximum atomic E-state index is 13.5. The van der Waals surface area contributed by atoms with E-state index in [-0.39, 0.29) is 84.4 Å². The molecule has 1 fully saturated rings. The largest absolute Gasteiger partial charge is 0.416 e. The number of benzene rings is 6. The molecule has 528 valence electrons. The summed E-state index contributed by atoms with van der Waals surface area (Å²) < 4.78 is 144. The van der Waals surface area contributed by atoms with E-state index in [0.717, 1.165) is 74.2 Å². The predicted octanol–water partition coefficient (Wildman–Crippen LogP) is 10.7. The Morgan fingerprint density at radius 3 is 1.24 bits per heavy atom. The van der Waals surface area contributed by atoms with Crippen molar-refractivity contribution in [3.05, 3.63) is 222 Å². The van der Waals surface area contributed by atoms with Gasteiger partial charge in [0.2, 0.25) is 16.3 Å². The van der Waals surface area contributed by atoms with Crippen LogP contribution in [0.25, 0.3) is 32.7 Å². The minimum absolute atomic E-state index is 0. The number of rotatable bonds is 16. The van der Waals surface area contributed by atoms with Gasteiger partial charge in [-0.25, -0.2) is 8.42 Å². The molecule has 1 saturated heterocycles. The van der Waals surface area contributed by atoms with Crippen LogP contribution in [0.4, 0.5) is 73.6 Å². The van der Waals surface area contributed by atoms with E-state index in [1.54, 1.807) is 72.8 Å². The standard InChI is InChI=1S/C24H25F3N4O2S.C19H14F3N3O2S.C17H12F3N3O2.C3H7ClO2S.4H2O/c25-24(26,27)16-12-17(14-18(13-16)30-34-11-10-31-8-4-1-5-9-31)29-23(33)20-15-28-21-7-3-2-6-19(21)22(20)32;1-2-28-25-13-8-11(19(20,21)22)7-12(9-13)24-18(27)15-10-23-16-6-4-3-5-14(16)17(15)26;18-17(19,20)9-5-10(21)7-11(6-9)23-16(25)13-8-22-14-4-2-1-3-12(14)15(13)24;1-7(5,6)3-2-4;;;;/h2-3,6-7,12-15,30H,1,4-5,8-11H2,(H,28,32)(H,29,33);2-10,25H,1H2,(H,23,26)(H,24,27);1-8H,21H2,(H,22,24)(H,23,25);2-3H2,1H3;4*1H2. The van der Waals surface area contributed by atoms with Gasteiger partial charge in [0.15, 0.2) is 0 Å². The van der Waals surface area contributed by atoms with E-state index in [9.17, 15) is 76.7 Å². The summed E-state index contributed by atoms with van der Waals surface area (Å²) >= 11 is 7.41. The molecule has 18 N–H and O–H groups in total. The summed E-state index contributed by atoms with van der Waals surface area (Å²) in [5.41, 5.74) is 2.07. The monoisotopic (exact) mass is 1460 g/mol. The van der Waals surface area contributed by atoms with Gasteiger partial charge >= 0.3 is 18.5 Å². The van der Waals surface area contributed by atoms with Crippen LogP contribution in [0, 0.1) is 0 Å². The zero-order valence-corrected chi connectivity index (χ0v) is 54.5. The minimum atomic E-state index is -4.60. The van der Waals surface area contributed by atoms with Gasteiger partial charge in [0.05, 0.1) is 22.4 Å². The number of hydrogen-bond acceptors (Lipinski definition) is 14. The first-order valence-electron chi connectivity index (χ1n) is 28.0. The molecule has 22 nitrogen and oxygen atoms in total. The molecular formula is C63H66ClF9N10O12S3. The van der Waals surface area contributed by atoms with Crippen LogP contribution < -0.4 is 47.4 Å². The molecule has 1 aliphatic rings. The summed E-state index contributed by atoms with van der Waals surface area (Å²) in [4.78, 5) is 86.0. The normalized spacial score (nSPS) is 12.1. The Hall–Kier alpha value is -9.39.